The molecule has 0 aliphatic heterocycles. The molecule has 158 valence electrons. The molecule has 12 nitrogen and oxygen atoms in total. The summed E-state index contributed by atoms with van der Waals surface area (Å²) in [6, 6.07) is 4.87. The predicted molar refractivity (Wildman–Crippen MR) is 97.1 cm³/mol. The van der Waals surface area contributed by atoms with E-state index in [2.05, 4.69) is 11.3 Å². The van der Waals surface area contributed by atoms with Gasteiger partial charge < -0.3 is 25.2 Å². The van der Waals surface area contributed by atoms with Crippen molar-refractivity contribution in [3.63, 3.8) is 0 Å². The first-order valence-electron chi connectivity index (χ1n) is 7.76. The Labute approximate surface area is 172 Å². The Morgan fingerprint density at radius 3 is 1.16 bits per heavy atom. The highest BCUT2D eigenvalue weighted by Crippen LogP contribution is 2.18. The second-order valence-electron chi connectivity index (χ2n) is 5.42. The number of carbonyl (C=O) groups is 6. The van der Waals surface area contributed by atoms with Gasteiger partial charge in [-0.25, -0.2) is 34.0 Å². The first-order valence-corrected chi connectivity index (χ1v) is 7.76. The number of esters is 2. The smallest absolute Gasteiger partial charge is 0.346 e. The van der Waals surface area contributed by atoms with Crippen LogP contribution in [-0.4, -0.2) is 56.2 Å². The third kappa shape index (κ3) is 5.48. The molecule has 2 aromatic carbocycles. The number of hydrogen-bond acceptors (Lipinski definition) is 8. The van der Waals surface area contributed by atoms with Crippen LogP contribution in [0.25, 0.3) is 0 Å². The fourth-order valence-corrected chi connectivity index (χ4v) is 2.26. The molecule has 0 spiro atoms. The average Bonchev–Trinajstić information content (AvgIpc) is 2.73. The number of hydrogen-bond donors (Lipinski definition) is 4. The molecule has 0 amide bonds. The first kappa shape index (κ1) is 24.0. The van der Waals surface area contributed by atoms with E-state index in [1.807, 2.05) is 0 Å². The summed E-state index contributed by atoms with van der Waals surface area (Å²) >= 11 is 0. The Bertz CT molecular complexity index is 1050. The van der Waals surface area contributed by atoms with Gasteiger partial charge in [-0.1, -0.05) is 0 Å². The normalized spacial score (nSPS) is 9.48. The molecule has 0 heterocycles. The number of aromatic carboxylic acids is 4. The molecule has 12 heteroatoms. The molecule has 0 saturated heterocycles. The highest BCUT2D eigenvalue weighted by molar-refractivity contribution is 6.11. The van der Waals surface area contributed by atoms with Crippen LogP contribution < -0.4 is 0 Å². The van der Waals surface area contributed by atoms with E-state index in [4.69, 9.17) is 25.7 Å². The number of carboxylic acid groups (broad SMARTS) is 4. The highest BCUT2D eigenvalue weighted by Gasteiger charge is 2.26. The zero-order chi connectivity index (χ0) is 23.9. The van der Waals surface area contributed by atoms with E-state index in [1.165, 1.54) is 0 Å². The van der Waals surface area contributed by atoms with Crippen LogP contribution in [0, 0.1) is 11.8 Å². The fourth-order valence-electron chi connectivity index (χ4n) is 2.26. The summed E-state index contributed by atoms with van der Waals surface area (Å²) < 4.78 is 4.51. The van der Waals surface area contributed by atoms with E-state index in [9.17, 15) is 28.8 Å². The molecule has 0 unspecified atom stereocenters. The van der Waals surface area contributed by atoms with Gasteiger partial charge in [-0.2, -0.15) is 0 Å². The first-order chi connectivity index (χ1) is 14.5. The summed E-state index contributed by atoms with van der Waals surface area (Å²) in [7, 11) is 0. The Morgan fingerprint density at radius 1 is 0.581 bits per heavy atom. The van der Waals surface area contributed by atoms with Crippen molar-refractivity contribution in [3.05, 3.63) is 69.8 Å². The molecule has 0 bridgehead atoms. The Hall–Kier alpha value is -5.05. The van der Waals surface area contributed by atoms with Crippen molar-refractivity contribution in [1.29, 1.82) is 5.26 Å². The van der Waals surface area contributed by atoms with Crippen molar-refractivity contribution in [1.82, 2.24) is 0 Å². The van der Waals surface area contributed by atoms with Gasteiger partial charge in [0, 0.05) is 6.57 Å². The second-order valence-corrected chi connectivity index (χ2v) is 5.42. The summed E-state index contributed by atoms with van der Waals surface area (Å²) in [5.74, 6) is -9.17. The Balaban J connectivity index is 0.00000233. The van der Waals surface area contributed by atoms with Crippen LogP contribution in [0.3, 0.4) is 0 Å². The van der Waals surface area contributed by atoms with Crippen LogP contribution in [0.15, 0.2) is 36.4 Å². The Kier molecular flexibility index (Phi) is 7.69. The van der Waals surface area contributed by atoms with Gasteiger partial charge in [0.2, 0.25) is 0 Å². The lowest BCUT2D eigenvalue weighted by molar-refractivity contribution is 0.0385. The van der Waals surface area contributed by atoms with E-state index in [0.29, 0.717) is 12.1 Å². The minimum Gasteiger partial charge on any atom is -0.478 e. The number of benzene rings is 2. The van der Waals surface area contributed by atoms with Gasteiger partial charge in [0.1, 0.15) is 0 Å². The molecule has 31 heavy (non-hydrogen) atoms. The monoisotopic (exact) mass is 429 g/mol. The zero-order valence-electron chi connectivity index (χ0n) is 15.1. The molecule has 0 radical (unpaired) electrons. The molecule has 0 aromatic heterocycles. The number of rotatable bonds is 6. The molecule has 0 aliphatic carbocycles. The van der Waals surface area contributed by atoms with E-state index < -0.39 is 69.2 Å². The lowest BCUT2D eigenvalue weighted by Crippen LogP contribution is -2.19. The predicted octanol–water partition coefficient (Wildman–Crippen LogP) is 1.62. The van der Waals surface area contributed by atoms with Gasteiger partial charge >= 0.3 is 35.8 Å². The fraction of sp³-hybridized carbons (Fsp3) is 0. The number of carboxylic acids is 4. The number of carbonyl (C=O) groups excluding carboxylic acids is 2. The van der Waals surface area contributed by atoms with Crippen LogP contribution in [0.1, 0.15) is 62.1 Å². The van der Waals surface area contributed by atoms with Gasteiger partial charge in [0.15, 0.2) is 0 Å². The number of ether oxygens (including phenoxy) is 1. The number of nitrogens with zero attached hydrogens (tertiary/aromatic N) is 1. The van der Waals surface area contributed by atoms with Crippen LogP contribution in [0.2, 0.25) is 0 Å². The van der Waals surface area contributed by atoms with E-state index in [1.54, 1.807) is 0 Å². The molecule has 0 saturated carbocycles. The maximum Gasteiger partial charge on any atom is 0.346 e. The molecule has 2 aromatic rings. The molecular formula is C19H11NO11. The van der Waals surface area contributed by atoms with Gasteiger partial charge in [0.05, 0.1) is 33.4 Å². The average molecular weight is 429 g/mol. The van der Waals surface area contributed by atoms with Crippen LogP contribution in [-0.2, 0) is 4.74 Å². The van der Waals surface area contributed by atoms with Gasteiger partial charge in [-0.15, -0.1) is 0 Å². The third-order valence-electron chi connectivity index (χ3n) is 3.62. The summed E-state index contributed by atoms with van der Waals surface area (Å²) in [5, 5.41) is 42.6. The maximum absolute atomic E-state index is 12.2. The van der Waals surface area contributed by atoms with Crippen LogP contribution in [0.5, 0.6) is 0 Å². The Morgan fingerprint density at radius 2 is 0.903 bits per heavy atom. The SMILES string of the molecule is C#N.O=C(O)c1ccc(C(=O)OC(=O)c2ccc(C(=O)O)cc2C(=O)O)c(C(=O)O)c1. The molecule has 0 aliphatic rings. The highest BCUT2D eigenvalue weighted by atomic mass is 16.6. The molecule has 0 atom stereocenters. The van der Waals surface area contributed by atoms with Crippen molar-refractivity contribution < 1.29 is 53.9 Å². The van der Waals surface area contributed by atoms with E-state index in [0.717, 1.165) is 24.3 Å². The minimum atomic E-state index is -1.66. The van der Waals surface area contributed by atoms with Crippen LogP contribution >= 0.6 is 0 Å². The third-order valence-corrected chi connectivity index (χ3v) is 3.62. The topological polar surface area (TPSA) is 216 Å². The standard InChI is InChI=1S/C18H10O11.CHN/c19-13(20)7-1-3-9(11(5-7)15(23)24)17(27)29-18(28)10-4-2-8(14(21)22)6-12(10)16(25)26;1-2/h1-6H,(H,19,20)(H,21,22)(H,23,24)(H,25,26);1H. The number of nitriles is 1. The molecular weight excluding hydrogens is 418 g/mol. The summed E-state index contributed by atoms with van der Waals surface area (Å²) in [5.41, 5.74) is -3.64. The summed E-state index contributed by atoms with van der Waals surface area (Å²) in [6.45, 7) is 3.50. The van der Waals surface area contributed by atoms with E-state index in [-0.39, 0.29) is 0 Å². The quantitative estimate of drug-likeness (QED) is 0.380. The second kappa shape index (κ2) is 9.94. The molecule has 2 rings (SSSR count). The van der Waals surface area contributed by atoms with Crippen molar-refractivity contribution in [2.24, 2.45) is 0 Å². The zero-order valence-corrected chi connectivity index (χ0v) is 15.1. The van der Waals surface area contributed by atoms with E-state index >= 15 is 0 Å². The van der Waals surface area contributed by atoms with Gasteiger partial charge in [-0.05, 0) is 36.4 Å². The van der Waals surface area contributed by atoms with Crippen molar-refractivity contribution in [3.8, 4) is 6.57 Å². The summed E-state index contributed by atoms with van der Waals surface area (Å²) in [6.07, 6.45) is 0. The van der Waals surface area contributed by atoms with Crippen molar-refractivity contribution in [2.45, 2.75) is 0 Å². The summed E-state index contributed by atoms with van der Waals surface area (Å²) in [4.78, 5) is 68.8. The van der Waals surface area contributed by atoms with Crippen molar-refractivity contribution in [2.75, 3.05) is 0 Å². The largest absolute Gasteiger partial charge is 0.478 e. The lowest BCUT2D eigenvalue weighted by atomic mass is 10.0. The van der Waals surface area contributed by atoms with Gasteiger partial charge in [-0.3, -0.25) is 0 Å². The molecule has 0 fully saturated rings. The minimum absolute atomic E-state index is 0.428. The molecule has 4 N–H and O–H groups in total. The van der Waals surface area contributed by atoms with Crippen molar-refractivity contribution >= 4 is 35.8 Å². The van der Waals surface area contributed by atoms with Gasteiger partial charge in [0.25, 0.3) is 0 Å². The maximum atomic E-state index is 12.2. The lowest BCUT2D eigenvalue weighted by Gasteiger charge is -2.09. The van der Waals surface area contributed by atoms with Crippen LogP contribution in [0.4, 0.5) is 0 Å².